The fourth-order valence-electron chi connectivity index (χ4n) is 1.55. The highest BCUT2D eigenvalue weighted by molar-refractivity contribution is 9.10. The molecule has 0 aliphatic carbocycles. The van der Waals surface area contributed by atoms with Crippen LogP contribution in [0.2, 0.25) is 0 Å². The first kappa shape index (κ1) is 15.8. The molecule has 2 rings (SSSR count). The molecule has 0 bridgehead atoms. The summed E-state index contributed by atoms with van der Waals surface area (Å²) >= 11 is 3.35. The van der Waals surface area contributed by atoms with Crippen LogP contribution >= 0.6 is 15.9 Å². The van der Waals surface area contributed by atoms with Gasteiger partial charge in [0.1, 0.15) is 11.5 Å². The Hall–Kier alpha value is -2.62. The van der Waals surface area contributed by atoms with Crippen molar-refractivity contribution in [1.29, 1.82) is 0 Å². The van der Waals surface area contributed by atoms with Crippen LogP contribution in [-0.2, 0) is 0 Å². The number of nitrogens with one attached hydrogen (secondary N) is 1. The summed E-state index contributed by atoms with van der Waals surface area (Å²) in [6.07, 6.45) is 1.40. The van der Waals surface area contributed by atoms with Crippen molar-refractivity contribution in [3.05, 3.63) is 27.9 Å². The fraction of sp³-hybridized carbons (Fsp3) is 0.167. The van der Waals surface area contributed by atoms with E-state index in [2.05, 4.69) is 41.4 Å². The second-order valence-corrected chi connectivity index (χ2v) is 4.78. The fourth-order valence-corrected chi connectivity index (χ4v) is 2.04. The largest absolute Gasteiger partial charge is 0.496 e. The molecule has 0 spiro atoms. The first-order valence-corrected chi connectivity index (χ1v) is 6.69. The number of nitrogens with two attached hydrogens (primary N) is 1. The maximum Gasteiger partial charge on any atom is 0.297 e. The summed E-state index contributed by atoms with van der Waals surface area (Å²) < 4.78 is 15.5. The molecule has 1 aromatic heterocycles. The molecule has 1 aromatic carbocycles. The summed E-state index contributed by atoms with van der Waals surface area (Å²) in [5.74, 6) is 0.389. The van der Waals surface area contributed by atoms with E-state index in [1.54, 1.807) is 12.1 Å². The molecule has 0 atom stereocenters. The van der Waals surface area contributed by atoms with Crippen molar-refractivity contribution >= 4 is 33.9 Å². The molecule has 2 aromatic rings. The minimum Gasteiger partial charge on any atom is -0.496 e. The molecule has 22 heavy (non-hydrogen) atoms. The van der Waals surface area contributed by atoms with E-state index in [0.29, 0.717) is 17.1 Å². The van der Waals surface area contributed by atoms with Crippen LogP contribution in [0.25, 0.3) is 0 Å². The zero-order valence-electron chi connectivity index (χ0n) is 11.7. The summed E-state index contributed by atoms with van der Waals surface area (Å²) in [7, 11) is 3.06. The van der Waals surface area contributed by atoms with Crippen molar-refractivity contribution in [1.82, 2.24) is 15.7 Å². The van der Waals surface area contributed by atoms with Gasteiger partial charge in [0, 0.05) is 5.56 Å². The van der Waals surface area contributed by atoms with Crippen molar-refractivity contribution in [3.63, 3.8) is 0 Å². The molecule has 0 fully saturated rings. The SMILES string of the molecule is COc1cc(C=NNC(=O)c2nonc2N)c(OC)cc1Br. The third-order valence-corrected chi connectivity index (χ3v) is 3.22. The zero-order valence-corrected chi connectivity index (χ0v) is 13.2. The number of anilines is 1. The Kier molecular flexibility index (Phi) is 4.94. The van der Waals surface area contributed by atoms with Gasteiger partial charge in [0.2, 0.25) is 11.5 Å². The van der Waals surface area contributed by atoms with Crippen LogP contribution < -0.4 is 20.6 Å². The van der Waals surface area contributed by atoms with Crippen molar-refractivity contribution in [2.24, 2.45) is 5.10 Å². The van der Waals surface area contributed by atoms with Gasteiger partial charge >= 0.3 is 0 Å². The third kappa shape index (κ3) is 3.34. The highest BCUT2D eigenvalue weighted by Gasteiger charge is 2.15. The van der Waals surface area contributed by atoms with E-state index in [-0.39, 0.29) is 11.5 Å². The van der Waals surface area contributed by atoms with Crippen molar-refractivity contribution < 1.29 is 18.9 Å². The molecule has 9 nitrogen and oxygen atoms in total. The Morgan fingerprint density at radius 3 is 2.68 bits per heavy atom. The van der Waals surface area contributed by atoms with E-state index < -0.39 is 5.91 Å². The second-order valence-electron chi connectivity index (χ2n) is 3.93. The van der Waals surface area contributed by atoms with Crippen LogP contribution in [0.15, 0.2) is 26.3 Å². The topological polar surface area (TPSA) is 125 Å². The summed E-state index contributed by atoms with van der Waals surface area (Å²) in [5, 5.41) is 10.5. The van der Waals surface area contributed by atoms with Crippen LogP contribution in [0.3, 0.4) is 0 Å². The van der Waals surface area contributed by atoms with E-state index >= 15 is 0 Å². The molecular weight excluding hydrogens is 358 g/mol. The van der Waals surface area contributed by atoms with Gasteiger partial charge in [-0.3, -0.25) is 4.79 Å². The number of nitrogen functional groups attached to an aromatic ring is 1. The molecule has 10 heteroatoms. The van der Waals surface area contributed by atoms with Crippen LogP contribution in [0.5, 0.6) is 11.5 Å². The number of hydrogen-bond donors (Lipinski definition) is 2. The van der Waals surface area contributed by atoms with Gasteiger partial charge in [-0.1, -0.05) is 0 Å². The van der Waals surface area contributed by atoms with Gasteiger partial charge in [0.15, 0.2) is 0 Å². The monoisotopic (exact) mass is 369 g/mol. The van der Waals surface area contributed by atoms with E-state index in [1.165, 1.54) is 20.4 Å². The number of rotatable bonds is 5. The molecule has 1 amide bonds. The van der Waals surface area contributed by atoms with Gasteiger partial charge in [0.25, 0.3) is 5.91 Å². The second kappa shape index (κ2) is 6.89. The molecular formula is C12H12BrN5O4. The van der Waals surface area contributed by atoms with Crippen molar-refractivity contribution in [2.45, 2.75) is 0 Å². The van der Waals surface area contributed by atoms with Gasteiger partial charge in [-0.15, -0.1) is 0 Å². The lowest BCUT2D eigenvalue weighted by atomic mass is 10.2. The van der Waals surface area contributed by atoms with E-state index in [1.807, 2.05) is 0 Å². The normalized spacial score (nSPS) is 10.7. The van der Waals surface area contributed by atoms with Crippen LogP contribution in [-0.4, -0.2) is 36.7 Å². The number of hydrogen-bond acceptors (Lipinski definition) is 8. The maximum absolute atomic E-state index is 11.7. The van der Waals surface area contributed by atoms with Crippen molar-refractivity contribution in [3.8, 4) is 11.5 Å². The van der Waals surface area contributed by atoms with Crippen LogP contribution in [0, 0.1) is 0 Å². The van der Waals surface area contributed by atoms with Gasteiger partial charge in [0.05, 0.1) is 24.9 Å². The molecule has 0 radical (unpaired) electrons. The van der Waals surface area contributed by atoms with Gasteiger partial charge in [-0.05, 0) is 38.4 Å². The third-order valence-electron chi connectivity index (χ3n) is 2.60. The number of aromatic nitrogens is 2. The first-order valence-electron chi connectivity index (χ1n) is 5.89. The number of carbonyl (C=O) groups excluding carboxylic acids is 1. The molecule has 1 heterocycles. The van der Waals surface area contributed by atoms with Gasteiger partial charge < -0.3 is 15.2 Å². The number of ether oxygens (including phenoxy) is 2. The molecule has 116 valence electrons. The average Bonchev–Trinajstić information content (AvgIpc) is 2.94. The Balaban J connectivity index is 2.16. The number of carbonyl (C=O) groups is 1. The molecule has 0 aliphatic heterocycles. The number of nitrogens with zero attached hydrogens (tertiary/aromatic N) is 3. The summed E-state index contributed by atoms with van der Waals surface area (Å²) in [5.41, 5.74) is 8.12. The Bertz CT molecular complexity index is 716. The highest BCUT2D eigenvalue weighted by Crippen LogP contribution is 2.31. The minimum absolute atomic E-state index is 0.115. The Morgan fingerprint density at radius 1 is 1.36 bits per heavy atom. The van der Waals surface area contributed by atoms with Crippen molar-refractivity contribution in [2.75, 3.05) is 20.0 Å². The predicted molar refractivity (Wildman–Crippen MR) is 81.0 cm³/mol. The lowest BCUT2D eigenvalue weighted by Crippen LogP contribution is -2.19. The highest BCUT2D eigenvalue weighted by atomic mass is 79.9. The molecule has 0 unspecified atom stereocenters. The number of halogens is 1. The van der Waals surface area contributed by atoms with E-state index in [4.69, 9.17) is 15.2 Å². The van der Waals surface area contributed by atoms with E-state index in [0.717, 1.165) is 4.47 Å². The summed E-state index contributed by atoms with van der Waals surface area (Å²) in [6, 6.07) is 3.42. The van der Waals surface area contributed by atoms with E-state index in [9.17, 15) is 4.79 Å². The number of amides is 1. The molecule has 0 aliphatic rings. The van der Waals surface area contributed by atoms with Gasteiger partial charge in [-0.2, -0.15) is 5.10 Å². The van der Waals surface area contributed by atoms with Crippen LogP contribution in [0.1, 0.15) is 16.1 Å². The summed E-state index contributed by atoms with van der Waals surface area (Å²) in [6.45, 7) is 0. The minimum atomic E-state index is -0.641. The molecule has 0 saturated heterocycles. The average molecular weight is 370 g/mol. The first-order chi connectivity index (χ1) is 10.6. The summed E-state index contributed by atoms with van der Waals surface area (Å²) in [4.78, 5) is 11.7. The predicted octanol–water partition coefficient (Wildman–Crippen LogP) is 1.20. The van der Waals surface area contributed by atoms with Crippen LogP contribution in [0.4, 0.5) is 5.82 Å². The number of hydrazone groups is 1. The zero-order chi connectivity index (χ0) is 16.1. The smallest absolute Gasteiger partial charge is 0.297 e. The number of methoxy groups -OCH3 is 2. The quantitative estimate of drug-likeness (QED) is 0.598. The maximum atomic E-state index is 11.7. The Labute approximate surface area is 133 Å². The number of benzene rings is 1. The Morgan fingerprint density at radius 2 is 2.09 bits per heavy atom. The van der Waals surface area contributed by atoms with Gasteiger partial charge in [-0.25, -0.2) is 10.1 Å². The lowest BCUT2D eigenvalue weighted by Gasteiger charge is -2.09. The standard InChI is InChI=1S/C12H12BrN5O4/c1-20-8-4-7(13)9(21-2)3-6(8)5-15-16-12(19)10-11(14)18-22-17-10/h3-5H,1-2H3,(H2,14,18)(H,16,19). The lowest BCUT2D eigenvalue weighted by molar-refractivity contribution is 0.0946. The molecule has 0 saturated carbocycles. The molecule has 3 N–H and O–H groups in total.